The van der Waals surface area contributed by atoms with Gasteiger partial charge in [0.1, 0.15) is 0 Å². The van der Waals surface area contributed by atoms with Crippen LogP contribution in [0.1, 0.15) is 39.5 Å². The summed E-state index contributed by atoms with van der Waals surface area (Å²) in [6, 6.07) is 0.936. The molecule has 0 aromatic rings. The van der Waals surface area contributed by atoms with E-state index in [1.54, 1.807) is 0 Å². The summed E-state index contributed by atoms with van der Waals surface area (Å²) >= 11 is 0. The highest BCUT2D eigenvalue weighted by atomic mass is 32.2. The van der Waals surface area contributed by atoms with Gasteiger partial charge in [-0.15, -0.1) is 0 Å². The van der Waals surface area contributed by atoms with E-state index in [2.05, 4.69) is 5.32 Å². The average Bonchev–Trinajstić information content (AvgIpc) is 2.43. The molecule has 0 aromatic heterocycles. The van der Waals surface area contributed by atoms with Gasteiger partial charge in [0, 0.05) is 12.1 Å². The predicted octanol–water partition coefficient (Wildman–Crippen LogP) is 1.34. The molecule has 0 radical (unpaired) electrons. The molecule has 3 nitrogen and oxygen atoms in total. The van der Waals surface area contributed by atoms with Crippen molar-refractivity contribution in [3.63, 3.8) is 0 Å². The Morgan fingerprint density at radius 2 is 1.73 bits per heavy atom. The Hall–Kier alpha value is -0.0900. The second kappa shape index (κ2) is 4.06. The lowest BCUT2D eigenvalue weighted by atomic mass is 10.1. The van der Waals surface area contributed by atoms with Gasteiger partial charge in [-0.3, -0.25) is 0 Å². The molecule has 0 aromatic carbocycles. The van der Waals surface area contributed by atoms with Crippen molar-refractivity contribution in [2.75, 3.05) is 5.75 Å². The minimum absolute atomic E-state index is 0.0707. The Morgan fingerprint density at radius 3 is 2.20 bits per heavy atom. The molecule has 88 valence electrons. The topological polar surface area (TPSA) is 46.2 Å². The number of rotatable bonds is 3. The zero-order valence-electron chi connectivity index (χ0n) is 9.57. The van der Waals surface area contributed by atoms with Crippen molar-refractivity contribution in [3.05, 3.63) is 0 Å². The second-order valence-corrected chi connectivity index (χ2v) is 7.78. The van der Waals surface area contributed by atoms with Crippen molar-refractivity contribution in [2.45, 2.75) is 56.9 Å². The van der Waals surface area contributed by atoms with Gasteiger partial charge in [0.25, 0.3) is 0 Å². The average molecular weight is 231 g/mol. The number of sulfone groups is 1. The lowest BCUT2D eigenvalue weighted by Gasteiger charge is -2.29. The summed E-state index contributed by atoms with van der Waals surface area (Å²) in [6.07, 6.45) is 4.01. The summed E-state index contributed by atoms with van der Waals surface area (Å²) in [5, 5.41) is 3.41. The van der Waals surface area contributed by atoms with Gasteiger partial charge in [0.2, 0.25) is 0 Å². The van der Waals surface area contributed by atoms with Crippen LogP contribution in [0.25, 0.3) is 0 Å². The van der Waals surface area contributed by atoms with Crippen LogP contribution in [0.4, 0.5) is 0 Å². The number of piperidine rings is 1. The molecule has 0 spiro atoms. The van der Waals surface area contributed by atoms with Crippen LogP contribution in [-0.4, -0.2) is 31.5 Å². The van der Waals surface area contributed by atoms with Crippen LogP contribution in [0.15, 0.2) is 0 Å². The molecule has 0 unspecified atom stereocenters. The SMILES string of the molecule is CC(C)CS(=O)(=O)C1C[C@@H]2CC[C@@H](C1)N2. The minimum atomic E-state index is -2.85. The van der Waals surface area contributed by atoms with Crippen LogP contribution in [0.5, 0.6) is 0 Å². The Kier molecular flexibility index (Phi) is 3.08. The van der Waals surface area contributed by atoms with Crippen LogP contribution in [0.2, 0.25) is 0 Å². The van der Waals surface area contributed by atoms with Crippen molar-refractivity contribution in [3.8, 4) is 0 Å². The molecule has 0 amide bonds. The predicted molar refractivity (Wildman–Crippen MR) is 61.6 cm³/mol. The van der Waals surface area contributed by atoms with Crippen LogP contribution < -0.4 is 5.32 Å². The molecule has 2 bridgehead atoms. The van der Waals surface area contributed by atoms with Crippen molar-refractivity contribution in [1.29, 1.82) is 0 Å². The van der Waals surface area contributed by atoms with Gasteiger partial charge in [-0.05, 0) is 31.6 Å². The first-order valence-electron chi connectivity index (χ1n) is 5.95. The van der Waals surface area contributed by atoms with E-state index < -0.39 is 9.84 Å². The van der Waals surface area contributed by atoms with E-state index in [9.17, 15) is 8.42 Å². The van der Waals surface area contributed by atoms with Gasteiger partial charge in [0.15, 0.2) is 9.84 Å². The number of nitrogens with one attached hydrogen (secondary N) is 1. The largest absolute Gasteiger partial charge is 0.311 e. The lowest BCUT2D eigenvalue weighted by molar-refractivity contribution is 0.400. The summed E-state index contributed by atoms with van der Waals surface area (Å²) in [5.74, 6) is 0.611. The van der Waals surface area contributed by atoms with E-state index in [0.717, 1.165) is 12.8 Å². The van der Waals surface area contributed by atoms with Gasteiger partial charge < -0.3 is 5.32 Å². The quantitative estimate of drug-likeness (QED) is 0.797. The Balaban J connectivity index is 2.05. The Labute approximate surface area is 92.6 Å². The van der Waals surface area contributed by atoms with Crippen LogP contribution in [0, 0.1) is 5.92 Å². The van der Waals surface area contributed by atoms with Gasteiger partial charge in [-0.25, -0.2) is 8.42 Å². The highest BCUT2D eigenvalue weighted by molar-refractivity contribution is 7.92. The third kappa shape index (κ3) is 2.53. The molecule has 15 heavy (non-hydrogen) atoms. The summed E-state index contributed by atoms with van der Waals surface area (Å²) in [7, 11) is -2.85. The zero-order valence-corrected chi connectivity index (χ0v) is 10.4. The van der Waals surface area contributed by atoms with Crippen molar-refractivity contribution in [2.24, 2.45) is 5.92 Å². The van der Waals surface area contributed by atoms with Crippen molar-refractivity contribution in [1.82, 2.24) is 5.32 Å². The second-order valence-electron chi connectivity index (χ2n) is 5.45. The first-order chi connectivity index (χ1) is 6.97. The van der Waals surface area contributed by atoms with E-state index in [0.29, 0.717) is 17.8 Å². The standard InChI is InChI=1S/C11H21NO2S/c1-8(2)7-15(13,14)11-5-9-3-4-10(6-11)12-9/h8-12H,3-7H2,1-2H3/t9-,10-/m0/s1. The molecule has 0 saturated carbocycles. The fraction of sp³-hybridized carbons (Fsp3) is 1.00. The van der Waals surface area contributed by atoms with Gasteiger partial charge in [0.05, 0.1) is 11.0 Å². The van der Waals surface area contributed by atoms with E-state index in [4.69, 9.17) is 0 Å². The number of hydrogen-bond donors (Lipinski definition) is 1. The molecule has 2 rings (SSSR count). The van der Waals surface area contributed by atoms with E-state index in [-0.39, 0.29) is 11.2 Å². The molecule has 2 aliphatic rings. The first-order valence-corrected chi connectivity index (χ1v) is 7.66. The molecule has 1 N–H and O–H groups in total. The number of fused-ring (bicyclic) bond motifs is 2. The van der Waals surface area contributed by atoms with Crippen molar-refractivity contribution >= 4 is 9.84 Å². The summed E-state index contributed by atoms with van der Waals surface area (Å²) in [5.41, 5.74) is 0. The zero-order chi connectivity index (χ0) is 11.1. The molecule has 2 atom stereocenters. The molecule has 2 aliphatic heterocycles. The van der Waals surface area contributed by atoms with Crippen LogP contribution in [0.3, 0.4) is 0 Å². The minimum Gasteiger partial charge on any atom is -0.311 e. The van der Waals surface area contributed by atoms with Crippen LogP contribution >= 0.6 is 0 Å². The van der Waals surface area contributed by atoms with Gasteiger partial charge in [-0.2, -0.15) is 0 Å². The first kappa shape index (κ1) is 11.4. The third-order valence-electron chi connectivity index (χ3n) is 3.50. The smallest absolute Gasteiger partial charge is 0.153 e. The fourth-order valence-corrected chi connectivity index (χ4v) is 5.15. The molecular weight excluding hydrogens is 210 g/mol. The van der Waals surface area contributed by atoms with Gasteiger partial charge in [-0.1, -0.05) is 13.8 Å². The molecule has 2 saturated heterocycles. The van der Waals surface area contributed by atoms with E-state index >= 15 is 0 Å². The van der Waals surface area contributed by atoms with Crippen LogP contribution in [-0.2, 0) is 9.84 Å². The molecular formula is C11H21NO2S. The highest BCUT2D eigenvalue weighted by Gasteiger charge is 2.39. The highest BCUT2D eigenvalue weighted by Crippen LogP contribution is 2.31. The summed E-state index contributed by atoms with van der Waals surface area (Å²) in [6.45, 7) is 3.96. The molecule has 2 heterocycles. The normalized spacial score (nSPS) is 36.1. The lowest BCUT2D eigenvalue weighted by Crippen LogP contribution is -2.44. The Bertz CT molecular complexity index is 311. The Morgan fingerprint density at radius 1 is 1.20 bits per heavy atom. The van der Waals surface area contributed by atoms with E-state index in [1.165, 1.54) is 12.8 Å². The maximum atomic E-state index is 12.1. The van der Waals surface area contributed by atoms with E-state index in [1.807, 2.05) is 13.8 Å². The van der Waals surface area contributed by atoms with Crippen molar-refractivity contribution < 1.29 is 8.42 Å². The van der Waals surface area contributed by atoms with Gasteiger partial charge >= 0.3 is 0 Å². The maximum absolute atomic E-state index is 12.1. The number of hydrogen-bond acceptors (Lipinski definition) is 3. The molecule has 2 fully saturated rings. The maximum Gasteiger partial charge on any atom is 0.153 e. The molecule has 0 aliphatic carbocycles. The third-order valence-corrected chi connectivity index (χ3v) is 6.04. The summed E-state index contributed by atoms with van der Waals surface area (Å²) in [4.78, 5) is 0. The monoisotopic (exact) mass is 231 g/mol. The summed E-state index contributed by atoms with van der Waals surface area (Å²) < 4.78 is 24.2. The molecule has 4 heteroatoms. The fourth-order valence-electron chi connectivity index (χ4n) is 2.90.